The summed E-state index contributed by atoms with van der Waals surface area (Å²) in [6.45, 7) is 7.72. The Morgan fingerprint density at radius 1 is 1.32 bits per heavy atom. The second kappa shape index (κ2) is 5.74. The first kappa shape index (κ1) is 14.1. The van der Waals surface area contributed by atoms with Gasteiger partial charge in [0.1, 0.15) is 5.82 Å². The molecule has 104 valence electrons. The van der Waals surface area contributed by atoms with E-state index < -0.39 is 0 Å². The summed E-state index contributed by atoms with van der Waals surface area (Å²) in [5.41, 5.74) is 3.74. The summed E-state index contributed by atoms with van der Waals surface area (Å²) >= 11 is 0. The van der Waals surface area contributed by atoms with Crippen LogP contribution in [0.2, 0.25) is 0 Å². The predicted octanol–water partition coefficient (Wildman–Crippen LogP) is 3.09. The average Bonchev–Trinajstić information content (AvgIpc) is 2.71. The molecule has 0 spiro atoms. The van der Waals surface area contributed by atoms with Crippen LogP contribution in [0.1, 0.15) is 38.1 Å². The Morgan fingerprint density at radius 2 is 2.05 bits per heavy atom. The third kappa shape index (κ3) is 2.66. The molecule has 0 amide bonds. The maximum atomic E-state index is 4.74. The van der Waals surface area contributed by atoms with E-state index in [1.54, 1.807) is 0 Å². The number of fused-ring (bicyclic) bond motifs is 1. The van der Waals surface area contributed by atoms with Gasteiger partial charge in [0.2, 0.25) is 0 Å². The van der Waals surface area contributed by atoms with Crippen molar-refractivity contribution in [3.8, 4) is 0 Å². The van der Waals surface area contributed by atoms with Gasteiger partial charge in [-0.3, -0.25) is 0 Å². The van der Waals surface area contributed by atoms with Crippen molar-refractivity contribution in [1.29, 1.82) is 0 Å². The molecular weight excluding hydrogens is 234 g/mol. The predicted molar refractivity (Wildman–Crippen MR) is 81.6 cm³/mol. The Balaban J connectivity index is 2.45. The van der Waals surface area contributed by atoms with Gasteiger partial charge in [0.05, 0.1) is 11.0 Å². The van der Waals surface area contributed by atoms with Crippen LogP contribution >= 0.6 is 0 Å². The van der Waals surface area contributed by atoms with Crippen LogP contribution in [0.15, 0.2) is 18.2 Å². The second-order valence-electron chi connectivity index (χ2n) is 5.60. The Hall–Kier alpha value is -1.35. The fourth-order valence-electron chi connectivity index (χ4n) is 2.77. The SMILES string of the molecule is CCc1nc2cc(C(CNC)C(C)C)ccc2n1C. The number of hydrogen-bond acceptors (Lipinski definition) is 2. The fraction of sp³-hybridized carbons (Fsp3) is 0.562. The fourth-order valence-corrected chi connectivity index (χ4v) is 2.77. The second-order valence-corrected chi connectivity index (χ2v) is 5.60. The van der Waals surface area contributed by atoms with Gasteiger partial charge in [-0.05, 0) is 36.6 Å². The van der Waals surface area contributed by atoms with E-state index in [-0.39, 0.29) is 0 Å². The van der Waals surface area contributed by atoms with Gasteiger partial charge in [0.25, 0.3) is 0 Å². The van der Waals surface area contributed by atoms with Crippen molar-refractivity contribution < 1.29 is 0 Å². The number of nitrogens with zero attached hydrogens (tertiary/aromatic N) is 2. The number of likely N-dealkylation sites (N-methyl/N-ethyl adjacent to an activating group) is 1. The summed E-state index contributed by atoms with van der Waals surface area (Å²) in [5, 5.41) is 3.30. The van der Waals surface area contributed by atoms with E-state index in [9.17, 15) is 0 Å². The van der Waals surface area contributed by atoms with E-state index in [0.29, 0.717) is 11.8 Å². The number of imidazole rings is 1. The normalized spacial score (nSPS) is 13.4. The first-order chi connectivity index (χ1) is 9.08. The Bertz CT molecular complexity index is 554. The van der Waals surface area contributed by atoms with Gasteiger partial charge in [-0.15, -0.1) is 0 Å². The highest BCUT2D eigenvalue weighted by molar-refractivity contribution is 5.77. The van der Waals surface area contributed by atoms with Gasteiger partial charge in [-0.25, -0.2) is 4.98 Å². The number of aromatic nitrogens is 2. The largest absolute Gasteiger partial charge is 0.331 e. The molecule has 19 heavy (non-hydrogen) atoms. The molecule has 0 aliphatic carbocycles. The summed E-state index contributed by atoms with van der Waals surface area (Å²) in [6.07, 6.45) is 0.977. The van der Waals surface area contributed by atoms with Crippen molar-refractivity contribution in [2.24, 2.45) is 13.0 Å². The van der Waals surface area contributed by atoms with Crippen LogP contribution in [-0.4, -0.2) is 23.1 Å². The highest BCUT2D eigenvalue weighted by Gasteiger charge is 2.16. The monoisotopic (exact) mass is 259 g/mol. The number of benzene rings is 1. The van der Waals surface area contributed by atoms with Crippen molar-refractivity contribution in [3.63, 3.8) is 0 Å². The molecule has 1 aromatic carbocycles. The summed E-state index contributed by atoms with van der Waals surface area (Å²) in [6, 6.07) is 6.73. The smallest absolute Gasteiger partial charge is 0.109 e. The number of nitrogens with one attached hydrogen (secondary N) is 1. The van der Waals surface area contributed by atoms with E-state index in [1.807, 2.05) is 7.05 Å². The van der Waals surface area contributed by atoms with E-state index in [0.717, 1.165) is 24.3 Å². The van der Waals surface area contributed by atoms with Crippen LogP contribution < -0.4 is 5.32 Å². The molecule has 0 bridgehead atoms. The van der Waals surface area contributed by atoms with Gasteiger partial charge < -0.3 is 9.88 Å². The van der Waals surface area contributed by atoms with Crippen LogP contribution in [0.25, 0.3) is 11.0 Å². The van der Waals surface area contributed by atoms with Crippen LogP contribution in [-0.2, 0) is 13.5 Å². The summed E-state index contributed by atoms with van der Waals surface area (Å²) in [7, 11) is 4.12. The molecule has 2 aromatic rings. The molecule has 1 N–H and O–H groups in total. The number of hydrogen-bond donors (Lipinski definition) is 1. The quantitative estimate of drug-likeness (QED) is 0.894. The molecule has 0 fully saturated rings. The van der Waals surface area contributed by atoms with E-state index in [4.69, 9.17) is 4.98 Å². The zero-order valence-corrected chi connectivity index (χ0v) is 12.7. The molecule has 1 aromatic heterocycles. The standard InChI is InChI=1S/C16H25N3/c1-6-16-18-14-9-12(7-8-15(14)19(16)5)13(10-17-4)11(2)3/h7-9,11,13,17H,6,10H2,1-5H3. The Labute approximate surface area is 116 Å². The molecule has 0 radical (unpaired) electrons. The van der Waals surface area contributed by atoms with Gasteiger partial charge >= 0.3 is 0 Å². The van der Waals surface area contributed by atoms with Crippen molar-refractivity contribution in [1.82, 2.24) is 14.9 Å². The lowest BCUT2D eigenvalue weighted by Crippen LogP contribution is -2.21. The van der Waals surface area contributed by atoms with Crippen molar-refractivity contribution in [3.05, 3.63) is 29.6 Å². The molecule has 1 heterocycles. The molecule has 3 heteroatoms. The van der Waals surface area contributed by atoms with Gasteiger partial charge in [0.15, 0.2) is 0 Å². The molecule has 1 atom stereocenters. The van der Waals surface area contributed by atoms with Crippen LogP contribution in [0.4, 0.5) is 0 Å². The minimum absolute atomic E-state index is 0.543. The molecule has 0 saturated carbocycles. The van der Waals surface area contributed by atoms with Gasteiger partial charge in [-0.1, -0.05) is 26.8 Å². The van der Waals surface area contributed by atoms with Crippen LogP contribution in [0.3, 0.4) is 0 Å². The lowest BCUT2D eigenvalue weighted by Gasteiger charge is -2.21. The molecule has 0 saturated heterocycles. The Kier molecular flexibility index (Phi) is 4.25. The molecule has 0 aliphatic rings. The number of rotatable bonds is 5. The zero-order chi connectivity index (χ0) is 14.0. The zero-order valence-electron chi connectivity index (χ0n) is 12.7. The van der Waals surface area contributed by atoms with E-state index in [1.165, 1.54) is 11.1 Å². The van der Waals surface area contributed by atoms with Gasteiger partial charge in [0, 0.05) is 20.0 Å². The average molecular weight is 259 g/mol. The van der Waals surface area contributed by atoms with E-state index >= 15 is 0 Å². The maximum absolute atomic E-state index is 4.74. The van der Waals surface area contributed by atoms with Crippen LogP contribution in [0.5, 0.6) is 0 Å². The minimum Gasteiger partial charge on any atom is -0.331 e. The third-order valence-electron chi connectivity index (χ3n) is 3.97. The van der Waals surface area contributed by atoms with Crippen LogP contribution in [0, 0.1) is 5.92 Å². The first-order valence-corrected chi connectivity index (χ1v) is 7.18. The molecule has 2 rings (SSSR count). The molecule has 3 nitrogen and oxygen atoms in total. The summed E-state index contributed by atoms with van der Waals surface area (Å²) in [4.78, 5) is 4.74. The number of aryl methyl sites for hydroxylation is 2. The molecular formula is C16H25N3. The Morgan fingerprint density at radius 3 is 2.63 bits per heavy atom. The summed E-state index contributed by atoms with van der Waals surface area (Å²) in [5.74, 6) is 2.32. The maximum Gasteiger partial charge on any atom is 0.109 e. The van der Waals surface area contributed by atoms with Crippen molar-refractivity contribution >= 4 is 11.0 Å². The lowest BCUT2D eigenvalue weighted by molar-refractivity contribution is 0.478. The summed E-state index contributed by atoms with van der Waals surface area (Å²) < 4.78 is 2.20. The first-order valence-electron chi connectivity index (χ1n) is 7.18. The molecule has 1 unspecified atom stereocenters. The lowest BCUT2D eigenvalue weighted by atomic mass is 9.88. The topological polar surface area (TPSA) is 29.9 Å². The third-order valence-corrected chi connectivity index (χ3v) is 3.97. The van der Waals surface area contributed by atoms with Crippen molar-refractivity contribution in [2.75, 3.05) is 13.6 Å². The van der Waals surface area contributed by atoms with Crippen molar-refractivity contribution in [2.45, 2.75) is 33.1 Å². The van der Waals surface area contributed by atoms with E-state index in [2.05, 4.69) is 55.9 Å². The highest BCUT2D eigenvalue weighted by Crippen LogP contribution is 2.27. The highest BCUT2D eigenvalue weighted by atomic mass is 15.1. The molecule has 0 aliphatic heterocycles. The van der Waals surface area contributed by atoms with Gasteiger partial charge in [-0.2, -0.15) is 0 Å². The minimum atomic E-state index is 0.543.